The summed E-state index contributed by atoms with van der Waals surface area (Å²) in [5.41, 5.74) is 1.69. The molecule has 1 atom stereocenters. The number of amides is 1. The van der Waals surface area contributed by atoms with E-state index in [0.29, 0.717) is 17.9 Å². The van der Waals surface area contributed by atoms with Gasteiger partial charge in [-0.15, -0.1) is 0 Å². The molecule has 1 aliphatic heterocycles. The molecular weight excluding hydrogens is 232 g/mol. The molecule has 1 heterocycles. The van der Waals surface area contributed by atoms with Gasteiger partial charge in [0, 0.05) is 31.6 Å². The van der Waals surface area contributed by atoms with Gasteiger partial charge in [-0.05, 0) is 6.92 Å². The van der Waals surface area contributed by atoms with Gasteiger partial charge >= 0.3 is 0 Å². The van der Waals surface area contributed by atoms with Crippen LogP contribution in [0.15, 0.2) is 12.1 Å². The van der Waals surface area contributed by atoms with Crippen molar-refractivity contribution in [1.29, 1.82) is 0 Å². The maximum Gasteiger partial charge on any atom is 0.228 e. The topological polar surface area (TPSA) is 50.8 Å². The molecule has 1 aliphatic rings. The molecule has 0 bridgehead atoms. The summed E-state index contributed by atoms with van der Waals surface area (Å²) in [7, 11) is 4.95. The Morgan fingerprint density at radius 3 is 2.50 bits per heavy atom. The summed E-state index contributed by atoms with van der Waals surface area (Å²) in [6, 6.07) is 3.77. The maximum absolute atomic E-state index is 12.0. The van der Waals surface area contributed by atoms with Crippen LogP contribution in [0.5, 0.6) is 11.5 Å². The van der Waals surface area contributed by atoms with Crippen LogP contribution in [-0.4, -0.2) is 33.2 Å². The van der Waals surface area contributed by atoms with E-state index in [0.717, 1.165) is 11.4 Å². The summed E-state index contributed by atoms with van der Waals surface area (Å²) in [4.78, 5) is 13.6. The van der Waals surface area contributed by atoms with Gasteiger partial charge in [-0.3, -0.25) is 4.79 Å². The molecule has 0 fully saturated rings. The molecule has 0 radical (unpaired) electrons. The van der Waals surface area contributed by atoms with Gasteiger partial charge < -0.3 is 19.7 Å². The van der Waals surface area contributed by atoms with Crippen molar-refractivity contribution in [2.45, 2.75) is 19.4 Å². The molecule has 0 aliphatic carbocycles. The Kier molecular flexibility index (Phi) is 3.32. The molecule has 1 aromatic rings. The highest BCUT2D eigenvalue weighted by molar-refractivity contribution is 5.98. The Morgan fingerprint density at radius 1 is 1.28 bits per heavy atom. The minimum Gasteiger partial charge on any atom is -0.493 e. The Labute approximate surface area is 107 Å². The molecule has 1 N–H and O–H groups in total. The lowest BCUT2D eigenvalue weighted by atomic mass is 10.2. The number of hydrogen-bond donors (Lipinski definition) is 1. The van der Waals surface area contributed by atoms with E-state index in [1.54, 1.807) is 26.2 Å². The van der Waals surface area contributed by atoms with Crippen molar-refractivity contribution >= 4 is 17.3 Å². The molecule has 1 amide bonds. The first kappa shape index (κ1) is 12.5. The van der Waals surface area contributed by atoms with Crippen LogP contribution < -0.4 is 19.7 Å². The molecule has 0 aromatic heterocycles. The second kappa shape index (κ2) is 4.76. The zero-order chi connectivity index (χ0) is 13.3. The van der Waals surface area contributed by atoms with Crippen LogP contribution >= 0.6 is 0 Å². The molecular formula is C13H18N2O3. The largest absolute Gasteiger partial charge is 0.493 e. The minimum atomic E-state index is 0.0842. The predicted octanol–water partition coefficient (Wildman–Crippen LogP) is 1.87. The number of carbonyl (C=O) groups excluding carboxylic acids is 1. The van der Waals surface area contributed by atoms with Crippen molar-refractivity contribution in [3.8, 4) is 11.5 Å². The van der Waals surface area contributed by atoms with Crippen LogP contribution in [0.4, 0.5) is 11.4 Å². The zero-order valence-electron chi connectivity index (χ0n) is 11.1. The third-order valence-corrected chi connectivity index (χ3v) is 3.12. The summed E-state index contributed by atoms with van der Waals surface area (Å²) < 4.78 is 10.5. The van der Waals surface area contributed by atoms with E-state index in [4.69, 9.17) is 9.47 Å². The lowest BCUT2D eigenvalue weighted by Gasteiger charge is -2.19. The fraction of sp³-hybridized carbons (Fsp3) is 0.462. The molecule has 0 saturated heterocycles. The van der Waals surface area contributed by atoms with Gasteiger partial charge in [0.2, 0.25) is 5.91 Å². The molecule has 0 saturated carbocycles. The van der Waals surface area contributed by atoms with Crippen LogP contribution in [0.1, 0.15) is 13.3 Å². The molecule has 98 valence electrons. The second-order valence-electron chi connectivity index (χ2n) is 4.43. The monoisotopic (exact) mass is 250 g/mol. The van der Waals surface area contributed by atoms with Crippen LogP contribution in [-0.2, 0) is 4.79 Å². The molecule has 5 nitrogen and oxygen atoms in total. The number of carbonyl (C=O) groups is 1. The van der Waals surface area contributed by atoms with Gasteiger partial charge in [0.15, 0.2) is 11.5 Å². The van der Waals surface area contributed by atoms with E-state index in [-0.39, 0.29) is 11.9 Å². The highest BCUT2D eigenvalue weighted by atomic mass is 16.5. The molecule has 18 heavy (non-hydrogen) atoms. The van der Waals surface area contributed by atoms with E-state index in [1.807, 2.05) is 19.1 Å². The molecule has 2 rings (SSSR count). The van der Waals surface area contributed by atoms with Crippen LogP contribution in [0, 0.1) is 0 Å². The van der Waals surface area contributed by atoms with Crippen molar-refractivity contribution in [1.82, 2.24) is 0 Å². The van der Waals surface area contributed by atoms with Gasteiger partial charge in [-0.2, -0.15) is 0 Å². The summed E-state index contributed by atoms with van der Waals surface area (Å²) in [6.07, 6.45) is 0.468. The standard InChI is InChI=1S/C13H18N2O3/c1-8-5-13(16)15(2)10-7-12(18-4)11(17-3)6-9(10)14-8/h6-8,14H,5H2,1-4H3. The number of nitrogens with one attached hydrogen (secondary N) is 1. The summed E-state index contributed by atoms with van der Waals surface area (Å²) in [6.45, 7) is 1.98. The van der Waals surface area contributed by atoms with Gasteiger partial charge in [0.05, 0.1) is 25.6 Å². The van der Waals surface area contributed by atoms with Gasteiger partial charge in [0.1, 0.15) is 0 Å². The van der Waals surface area contributed by atoms with Crippen molar-refractivity contribution in [2.24, 2.45) is 0 Å². The number of methoxy groups -OCH3 is 2. The Balaban J connectivity index is 2.55. The van der Waals surface area contributed by atoms with E-state index in [9.17, 15) is 4.79 Å². The van der Waals surface area contributed by atoms with E-state index in [2.05, 4.69) is 5.32 Å². The minimum absolute atomic E-state index is 0.0842. The Morgan fingerprint density at radius 2 is 1.89 bits per heavy atom. The van der Waals surface area contributed by atoms with Crippen molar-refractivity contribution in [3.63, 3.8) is 0 Å². The lowest BCUT2D eigenvalue weighted by Crippen LogP contribution is -2.27. The Bertz CT molecular complexity index is 474. The molecule has 5 heteroatoms. The SMILES string of the molecule is COc1cc2c(cc1OC)N(C)C(=O)CC(C)N2. The number of fused-ring (bicyclic) bond motifs is 1. The predicted molar refractivity (Wildman–Crippen MR) is 70.7 cm³/mol. The first-order valence-electron chi connectivity index (χ1n) is 5.86. The number of hydrogen-bond acceptors (Lipinski definition) is 4. The first-order chi connectivity index (χ1) is 8.56. The lowest BCUT2D eigenvalue weighted by molar-refractivity contribution is -0.118. The summed E-state index contributed by atoms with van der Waals surface area (Å²) in [5.74, 6) is 1.35. The smallest absolute Gasteiger partial charge is 0.228 e. The van der Waals surface area contributed by atoms with E-state index >= 15 is 0 Å². The van der Waals surface area contributed by atoms with Crippen LogP contribution in [0.2, 0.25) is 0 Å². The van der Waals surface area contributed by atoms with Gasteiger partial charge in [-0.25, -0.2) is 0 Å². The number of benzene rings is 1. The van der Waals surface area contributed by atoms with Crippen molar-refractivity contribution in [2.75, 3.05) is 31.5 Å². The zero-order valence-corrected chi connectivity index (χ0v) is 11.1. The quantitative estimate of drug-likeness (QED) is 0.870. The van der Waals surface area contributed by atoms with Crippen molar-refractivity contribution < 1.29 is 14.3 Å². The number of rotatable bonds is 2. The average Bonchev–Trinajstić information content (AvgIpc) is 2.46. The second-order valence-corrected chi connectivity index (χ2v) is 4.43. The van der Waals surface area contributed by atoms with Gasteiger partial charge in [-0.1, -0.05) is 0 Å². The van der Waals surface area contributed by atoms with Crippen LogP contribution in [0.25, 0.3) is 0 Å². The highest BCUT2D eigenvalue weighted by Crippen LogP contribution is 2.39. The number of anilines is 2. The van der Waals surface area contributed by atoms with Crippen molar-refractivity contribution in [3.05, 3.63) is 12.1 Å². The molecule has 1 aromatic carbocycles. The number of nitrogens with zero attached hydrogens (tertiary/aromatic N) is 1. The number of ether oxygens (including phenoxy) is 2. The fourth-order valence-corrected chi connectivity index (χ4v) is 2.11. The third kappa shape index (κ3) is 2.08. The van der Waals surface area contributed by atoms with Crippen LogP contribution in [0.3, 0.4) is 0 Å². The molecule has 0 spiro atoms. The highest BCUT2D eigenvalue weighted by Gasteiger charge is 2.24. The maximum atomic E-state index is 12.0. The summed E-state index contributed by atoms with van der Waals surface area (Å²) in [5, 5.41) is 3.31. The van der Waals surface area contributed by atoms with E-state index in [1.165, 1.54) is 0 Å². The average molecular weight is 250 g/mol. The third-order valence-electron chi connectivity index (χ3n) is 3.12. The fourth-order valence-electron chi connectivity index (χ4n) is 2.11. The molecule has 1 unspecified atom stereocenters. The Hall–Kier alpha value is -1.91. The normalized spacial score (nSPS) is 18.8. The van der Waals surface area contributed by atoms with Gasteiger partial charge in [0.25, 0.3) is 0 Å². The van der Waals surface area contributed by atoms with E-state index < -0.39 is 0 Å². The first-order valence-corrected chi connectivity index (χ1v) is 5.86. The summed E-state index contributed by atoms with van der Waals surface area (Å²) >= 11 is 0.